The van der Waals surface area contributed by atoms with Gasteiger partial charge in [-0.05, 0) is 28.1 Å². The van der Waals surface area contributed by atoms with Crippen LogP contribution in [0.3, 0.4) is 0 Å². The Balaban J connectivity index is 3.41. The van der Waals surface area contributed by atoms with Gasteiger partial charge in [0, 0.05) is 7.05 Å². The molecule has 0 aliphatic rings. The molecule has 0 aliphatic carbocycles. The zero-order valence-corrected chi connectivity index (χ0v) is 8.26. The maximum Gasteiger partial charge on any atom is 0.328 e. The van der Waals surface area contributed by atoms with Crippen LogP contribution in [0.1, 0.15) is 0 Å². The highest BCUT2D eigenvalue weighted by atomic mass is 79.9. The maximum atomic E-state index is 13.2. The Morgan fingerprint density at radius 3 is 2.69 bits per heavy atom. The third-order valence-electron chi connectivity index (χ3n) is 1.52. The van der Waals surface area contributed by atoms with Crippen LogP contribution >= 0.6 is 15.9 Å². The van der Waals surface area contributed by atoms with Crippen molar-refractivity contribution in [3.63, 3.8) is 0 Å². The van der Waals surface area contributed by atoms with Gasteiger partial charge < -0.3 is 5.32 Å². The topological polar surface area (TPSA) is 55.2 Å². The number of benzene rings is 1. The molecule has 1 aromatic carbocycles. The number of halogens is 2. The Hall–Kier alpha value is -1.17. The van der Waals surface area contributed by atoms with Crippen molar-refractivity contribution < 1.29 is 9.31 Å². The molecule has 0 saturated heterocycles. The van der Waals surface area contributed by atoms with Crippen LogP contribution < -0.4 is 5.32 Å². The van der Waals surface area contributed by atoms with Crippen molar-refractivity contribution in [1.82, 2.24) is 0 Å². The van der Waals surface area contributed by atoms with E-state index in [-0.39, 0.29) is 10.2 Å². The van der Waals surface area contributed by atoms with Gasteiger partial charge in [-0.15, -0.1) is 0 Å². The predicted molar refractivity (Wildman–Crippen MR) is 50.3 cm³/mol. The lowest BCUT2D eigenvalue weighted by molar-refractivity contribution is -0.386. The number of rotatable bonds is 2. The molecule has 0 fully saturated rings. The van der Waals surface area contributed by atoms with Gasteiger partial charge in [-0.25, -0.2) is 0 Å². The molecule has 70 valence electrons. The van der Waals surface area contributed by atoms with E-state index < -0.39 is 16.4 Å². The molecular weight excluding hydrogens is 243 g/mol. The summed E-state index contributed by atoms with van der Waals surface area (Å²) < 4.78 is 13.3. The molecule has 0 heterocycles. The number of hydrogen-bond donors (Lipinski definition) is 1. The third kappa shape index (κ3) is 1.77. The Bertz CT molecular complexity index is 357. The Morgan fingerprint density at radius 2 is 2.23 bits per heavy atom. The minimum atomic E-state index is -0.864. The molecule has 0 unspecified atom stereocenters. The van der Waals surface area contributed by atoms with Gasteiger partial charge in [0.05, 0.1) is 9.40 Å². The molecule has 13 heavy (non-hydrogen) atoms. The van der Waals surface area contributed by atoms with Crippen LogP contribution in [0.15, 0.2) is 16.6 Å². The Labute approximate surface area is 82.0 Å². The van der Waals surface area contributed by atoms with Gasteiger partial charge >= 0.3 is 5.69 Å². The smallest absolute Gasteiger partial charge is 0.328 e. The van der Waals surface area contributed by atoms with Crippen LogP contribution in [0.4, 0.5) is 15.8 Å². The lowest BCUT2D eigenvalue weighted by atomic mass is 10.2. The summed E-state index contributed by atoms with van der Waals surface area (Å²) in [6.07, 6.45) is 0. The summed E-state index contributed by atoms with van der Waals surface area (Å²) in [6, 6.07) is 2.85. The van der Waals surface area contributed by atoms with Crippen molar-refractivity contribution >= 4 is 27.3 Å². The monoisotopic (exact) mass is 248 g/mol. The van der Waals surface area contributed by atoms with Crippen LogP contribution in [0.2, 0.25) is 0 Å². The molecule has 0 amide bonds. The van der Waals surface area contributed by atoms with Gasteiger partial charge in [-0.3, -0.25) is 10.1 Å². The van der Waals surface area contributed by atoms with Gasteiger partial charge in [0.1, 0.15) is 5.69 Å². The number of nitrogens with one attached hydrogen (secondary N) is 1. The molecule has 0 aromatic heterocycles. The molecule has 1 rings (SSSR count). The highest BCUT2D eigenvalue weighted by molar-refractivity contribution is 9.10. The number of nitrogens with zero attached hydrogens (tertiary/aromatic N) is 1. The van der Waals surface area contributed by atoms with E-state index in [0.29, 0.717) is 0 Å². The quantitative estimate of drug-likeness (QED) is 0.647. The zero-order chi connectivity index (χ0) is 10.0. The molecule has 1 N–H and O–H groups in total. The Morgan fingerprint density at radius 1 is 1.62 bits per heavy atom. The molecule has 1 aromatic rings. The summed E-state index contributed by atoms with van der Waals surface area (Å²) in [4.78, 5) is 9.70. The maximum absolute atomic E-state index is 13.2. The van der Waals surface area contributed by atoms with Crippen molar-refractivity contribution in [1.29, 1.82) is 0 Å². The SMILES string of the molecule is CNc1ccc(Br)c(F)c1[N+](=O)[O-]. The fraction of sp³-hybridized carbons (Fsp3) is 0.143. The van der Waals surface area contributed by atoms with Crippen LogP contribution in [0.25, 0.3) is 0 Å². The fourth-order valence-electron chi connectivity index (χ4n) is 0.920. The first-order valence-electron chi connectivity index (χ1n) is 3.38. The first-order valence-corrected chi connectivity index (χ1v) is 4.17. The van der Waals surface area contributed by atoms with Crippen LogP contribution in [-0.4, -0.2) is 12.0 Å². The van der Waals surface area contributed by atoms with Gasteiger partial charge in [-0.1, -0.05) is 0 Å². The van der Waals surface area contributed by atoms with E-state index in [9.17, 15) is 14.5 Å². The summed E-state index contributed by atoms with van der Waals surface area (Å²) in [5.41, 5.74) is -0.387. The second kappa shape index (κ2) is 3.69. The number of nitro benzene ring substituents is 1. The summed E-state index contributed by atoms with van der Waals surface area (Å²) in [5.74, 6) is -0.864. The summed E-state index contributed by atoms with van der Waals surface area (Å²) in [7, 11) is 1.50. The Kier molecular flexibility index (Phi) is 2.82. The minimum Gasteiger partial charge on any atom is -0.382 e. The zero-order valence-electron chi connectivity index (χ0n) is 6.67. The number of nitro groups is 1. The van der Waals surface area contributed by atoms with E-state index in [1.165, 1.54) is 19.2 Å². The van der Waals surface area contributed by atoms with E-state index in [2.05, 4.69) is 21.2 Å². The highest BCUT2D eigenvalue weighted by Gasteiger charge is 2.21. The van der Waals surface area contributed by atoms with E-state index in [4.69, 9.17) is 0 Å². The van der Waals surface area contributed by atoms with Crippen molar-refractivity contribution in [2.24, 2.45) is 0 Å². The van der Waals surface area contributed by atoms with E-state index in [1.807, 2.05) is 0 Å². The third-order valence-corrected chi connectivity index (χ3v) is 2.13. The van der Waals surface area contributed by atoms with E-state index in [0.717, 1.165) is 0 Å². The molecule has 0 spiro atoms. The number of anilines is 1. The van der Waals surface area contributed by atoms with Gasteiger partial charge in [0.15, 0.2) is 0 Å². The first-order chi connectivity index (χ1) is 6.07. The average molecular weight is 249 g/mol. The van der Waals surface area contributed by atoms with Gasteiger partial charge in [-0.2, -0.15) is 4.39 Å². The van der Waals surface area contributed by atoms with Crippen molar-refractivity contribution in [3.05, 3.63) is 32.5 Å². The molecule has 0 atom stereocenters. The van der Waals surface area contributed by atoms with E-state index >= 15 is 0 Å². The van der Waals surface area contributed by atoms with Gasteiger partial charge in [0.25, 0.3) is 0 Å². The normalized spacial score (nSPS) is 9.77. The fourth-order valence-corrected chi connectivity index (χ4v) is 1.24. The average Bonchev–Trinajstić information content (AvgIpc) is 2.08. The second-order valence-corrected chi connectivity index (χ2v) is 3.12. The molecule has 0 radical (unpaired) electrons. The standard InChI is InChI=1S/C7H6BrFN2O2/c1-10-5-3-2-4(8)6(9)7(5)11(12)13/h2-3,10H,1H3. The van der Waals surface area contributed by atoms with Crippen LogP contribution in [-0.2, 0) is 0 Å². The largest absolute Gasteiger partial charge is 0.382 e. The van der Waals surface area contributed by atoms with Crippen LogP contribution in [0, 0.1) is 15.9 Å². The molecule has 0 saturated carbocycles. The van der Waals surface area contributed by atoms with Crippen molar-refractivity contribution in [2.45, 2.75) is 0 Å². The summed E-state index contributed by atoms with van der Waals surface area (Å²) in [5, 5.41) is 13.0. The van der Waals surface area contributed by atoms with E-state index in [1.54, 1.807) is 0 Å². The second-order valence-electron chi connectivity index (χ2n) is 2.26. The summed E-state index contributed by atoms with van der Waals surface area (Å²) in [6.45, 7) is 0. The molecule has 4 nitrogen and oxygen atoms in total. The van der Waals surface area contributed by atoms with Crippen LogP contribution in [0.5, 0.6) is 0 Å². The molecule has 0 bridgehead atoms. The summed E-state index contributed by atoms with van der Waals surface area (Å²) >= 11 is 2.87. The minimum absolute atomic E-state index is 0.0817. The lowest BCUT2D eigenvalue weighted by Gasteiger charge is -2.03. The molecule has 6 heteroatoms. The lowest BCUT2D eigenvalue weighted by Crippen LogP contribution is -1.99. The first kappa shape index (κ1) is 9.91. The predicted octanol–water partition coefficient (Wildman–Crippen LogP) is 2.54. The molecular formula is C7H6BrFN2O2. The highest BCUT2D eigenvalue weighted by Crippen LogP contribution is 2.31. The number of hydrogen-bond acceptors (Lipinski definition) is 3. The van der Waals surface area contributed by atoms with Crippen molar-refractivity contribution in [3.8, 4) is 0 Å². The van der Waals surface area contributed by atoms with Crippen molar-refractivity contribution in [2.75, 3.05) is 12.4 Å². The molecule has 0 aliphatic heterocycles. The van der Waals surface area contributed by atoms with Gasteiger partial charge in [0.2, 0.25) is 5.82 Å².